The molecule has 1 atom stereocenters. The Morgan fingerprint density at radius 2 is 2.29 bits per heavy atom. The molecule has 1 heteroatoms. The molecule has 0 aliphatic rings. The highest BCUT2D eigenvalue weighted by atomic mass is 16.2. The minimum atomic E-state index is 0.644. The van der Waals surface area contributed by atoms with Gasteiger partial charge in [-0.3, -0.25) is 0 Å². The van der Waals surface area contributed by atoms with E-state index in [2.05, 4.69) is 13.8 Å². The molecule has 43 valence electrons. The van der Waals surface area contributed by atoms with Gasteiger partial charge in [0.2, 0.25) is 0 Å². The first-order valence-corrected chi connectivity index (χ1v) is 2.77. The van der Waals surface area contributed by atoms with Gasteiger partial charge in [-0.05, 0) is 12.3 Å². The maximum Gasteiger partial charge on any atom is 0.0801 e. The van der Waals surface area contributed by atoms with Gasteiger partial charge in [0.05, 0.1) is 6.61 Å². The zero-order valence-corrected chi connectivity index (χ0v) is 5.02. The first kappa shape index (κ1) is 6.96. The van der Waals surface area contributed by atoms with Crippen LogP contribution in [0.4, 0.5) is 0 Å². The second-order valence-electron chi connectivity index (χ2n) is 1.93. The van der Waals surface area contributed by atoms with Gasteiger partial charge in [-0.2, -0.15) is 0 Å². The Kier molecular flexibility index (Phi) is 4.10. The van der Waals surface area contributed by atoms with E-state index in [9.17, 15) is 0 Å². The first-order valence-electron chi connectivity index (χ1n) is 2.77. The summed E-state index contributed by atoms with van der Waals surface area (Å²) >= 11 is 0. The molecule has 1 N–H and O–H groups in total. The second-order valence-corrected chi connectivity index (χ2v) is 1.93. The number of hydrogen-bond donors (Lipinski definition) is 1. The largest absolute Gasteiger partial charge is 0.390 e. The number of aliphatic hydroxyl groups is 1. The summed E-state index contributed by atoms with van der Waals surface area (Å²) in [4.78, 5) is 0. The molecule has 0 aromatic heterocycles. The molecule has 1 nitrogen and oxygen atoms in total. The molecule has 7 heavy (non-hydrogen) atoms. The van der Waals surface area contributed by atoms with Crippen LogP contribution in [0.2, 0.25) is 0 Å². The van der Waals surface area contributed by atoms with Crippen LogP contribution in [0.15, 0.2) is 0 Å². The molecular formula is C6H13O. The number of aliphatic hydroxyl groups excluding tert-OH is 1. The van der Waals surface area contributed by atoms with Crippen LogP contribution in [0.5, 0.6) is 0 Å². The lowest BCUT2D eigenvalue weighted by atomic mass is 10.1. The van der Waals surface area contributed by atoms with Crippen molar-refractivity contribution in [3.8, 4) is 0 Å². The summed E-state index contributed by atoms with van der Waals surface area (Å²) in [5.74, 6) is 0.644. The third-order valence-corrected chi connectivity index (χ3v) is 1.20. The van der Waals surface area contributed by atoms with Gasteiger partial charge >= 0.3 is 0 Å². The fourth-order valence-electron chi connectivity index (χ4n) is 0.347. The summed E-state index contributed by atoms with van der Waals surface area (Å²) in [7, 11) is 0. The van der Waals surface area contributed by atoms with E-state index in [1.807, 2.05) is 0 Å². The lowest BCUT2D eigenvalue weighted by Crippen LogP contribution is -1.90. The van der Waals surface area contributed by atoms with E-state index < -0.39 is 0 Å². The molecular weight excluding hydrogens is 88.1 g/mol. The fraction of sp³-hybridized carbons (Fsp3) is 0.833. The van der Waals surface area contributed by atoms with Gasteiger partial charge in [0, 0.05) is 0 Å². The Morgan fingerprint density at radius 3 is 2.43 bits per heavy atom. The lowest BCUT2D eigenvalue weighted by molar-refractivity contribution is 0.341. The normalized spacial score (nSPS) is 14.1. The topological polar surface area (TPSA) is 20.2 Å². The highest BCUT2D eigenvalue weighted by molar-refractivity contribution is 4.53. The van der Waals surface area contributed by atoms with Crippen LogP contribution in [0.1, 0.15) is 26.7 Å². The van der Waals surface area contributed by atoms with Crippen molar-refractivity contribution in [2.75, 3.05) is 0 Å². The average Bonchev–Trinajstić information content (AvgIpc) is 1.68. The molecule has 0 aliphatic carbocycles. The first-order chi connectivity index (χ1) is 3.31. The zero-order valence-electron chi connectivity index (χ0n) is 5.02. The van der Waals surface area contributed by atoms with E-state index in [1.54, 1.807) is 0 Å². The summed E-state index contributed by atoms with van der Waals surface area (Å²) in [5.41, 5.74) is 0. The number of hydrogen-bond acceptors (Lipinski definition) is 1. The molecule has 0 saturated heterocycles. The van der Waals surface area contributed by atoms with Crippen molar-refractivity contribution in [1.29, 1.82) is 0 Å². The molecule has 0 aliphatic heterocycles. The van der Waals surface area contributed by atoms with Gasteiger partial charge in [0.1, 0.15) is 0 Å². The minimum Gasteiger partial charge on any atom is -0.390 e. The summed E-state index contributed by atoms with van der Waals surface area (Å²) in [5, 5.41) is 8.24. The van der Waals surface area contributed by atoms with E-state index >= 15 is 0 Å². The summed E-state index contributed by atoms with van der Waals surface area (Å²) < 4.78 is 0. The zero-order chi connectivity index (χ0) is 5.70. The van der Waals surface area contributed by atoms with E-state index in [0.29, 0.717) is 5.92 Å². The van der Waals surface area contributed by atoms with Gasteiger partial charge < -0.3 is 5.11 Å². The van der Waals surface area contributed by atoms with Crippen molar-refractivity contribution in [2.24, 2.45) is 5.92 Å². The SMILES string of the molecule is CCC(C)C[CH]O. The molecule has 0 saturated carbocycles. The van der Waals surface area contributed by atoms with Crippen LogP contribution in [0, 0.1) is 12.5 Å². The van der Waals surface area contributed by atoms with Crippen molar-refractivity contribution < 1.29 is 5.11 Å². The van der Waals surface area contributed by atoms with E-state index in [4.69, 9.17) is 5.11 Å². The molecule has 0 fully saturated rings. The minimum absolute atomic E-state index is 0.644. The van der Waals surface area contributed by atoms with Crippen molar-refractivity contribution in [3.63, 3.8) is 0 Å². The van der Waals surface area contributed by atoms with Gasteiger partial charge in [-0.1, -0.05) is 20.3 Å². The molecule has 0 spiro atoms. The van der Waals surface area contributed by atoms with Crippen LogP contribution in [-0.4, -0.2) is 5.11 Å². The lowest BCUT2D eigenvalue weighted by Gasteiger charge is -2.01. The van der Waals surface area contributed by atoms with Crippen molar-refractivity contribution in [3.05, 3.63) is 6.61 Å². The van der Waals surface area contributed by atoms with Crippen LogP contribution in [-0.2, 0) is 0 Å². The molecule has 0 aromatic carbocycles. The highest BCUT2D eigenvalue weighted by Crippen LogP contribution is 2.05. The Labute approximate surface area is 45.4 Å². The van der Waals surface area contributed by atoms with Gasteiger partial charge in [0.25, 0.3) is 0 Å². The Balaban J connectivity index is 2.83. The third kappa shape index (κ3) is 3.80. The summed E-state index contributed by atoms with van der Waals surface area (Å²) in [6, 6.07) is 0. The quantitative estimate of drug-likeness (QED) is 0.576. The van der Waals surface area contributed by atoms with Crippen molar-refractivity contribution >= 4 is 0 Å². The number of rotatable bonds is 3. The highest BCUT2D eigenvalue weighted by Gasteiger charge is 1.94. The maximum absolute atomic E-state index is 8.24. The fourth-order valence-corrected chi connectivity index (χ4v) is 0.347. The van der Waals surface area contributed by atoms with Gasteiger partial charge in [-0.25, -0.2) is 0 Å². The third-order valence-electron chi connectivity index (χ3n) is 1.20. The van der Waals surface area contributed by atoms with Crippen molar-refractivity contribution in [2.45, 2.75) is 26.7 Å². The summed E-state index contributed by atoms with van der Waals surface area (Å²) in [6.45, 7) is 5.47. The average molecular weight is 101 g/mol. The Hall–Kier alpha value is -0.0400. The molecule has 0 rings (SSSR count). The monoisotopic (exact) mass is 101 g/mol. The molecule has 0 amide bonds. The molecule has 0 aromatic rings. The van der Waals surface area contributed by atoms with Crippen LogP contribution < -0.4 is 0 Å². The molecule has 1 radical (unpaired) electrons. The summed E-state index contributed by atoms with van der Waals surface area (Å²) in [6.07, 6.45) is 1.98. The van der Waals surface area contributed by atoms with Crippen LogP contribution in [0.25, 0.3) is 0 Å². The van der Waals surface area contributed by atoms with E-state index in [1.165, 1.54) is 6.61 Å². The Bertz CT molecular complexity index is 35.2. The van der Waals surface area contributed by atoms with E-state index in [-0.39, 0.29) is 0 Å². The second kappa shape index (κ2) is 4.13. The van der Waals surface area contributed by atoms with Crippen LogP contribution in [0.3, 0.4) is 0 Å². The predicted molar refractivity (Wildman–Crippen MR) is 30.3 cm³/mol. The van der Waals surface area contributed by atoms with Crippen molar-refractivity contribution in [1.82, 2.24) is 0 Å². The Morgan fingerprint density at radius 1 is 1.71 bits per heavy atom. The molecule has 0 bridgehead atoms. The van der Waals surface area contributed by atoms with E-state index in [0.717, 1.165) is 12.8 Å². The molecule has 0 heterocycles. The van der Waals surface area contributed by atoms with Crippen LogP contribution >= 0.6 is 0 Å². The smallest absolute Gasteiger partial charge is 0.0801 e. The van der Waals surface area contributed by atoms with Gasteiger partial charge in [0.15, 0.2) is 0 Å². The molecule has 1 unspecified atom stereocenters. The van der Waals surface area contributed by atoms with Gasteiger partial charge in [-0.15, -0.1) is 0 Å². The maximum atomic E-state index is 8.24. The predicted octanol–water partition coefficient (Wildman–Crippen LogP) is 1.96. The standard InChI is InChI=1S/C6H13O/c1-3-6(2)4-5-7/h5-7H,3-4H2,1-2H3.